The van der Waals surface area contributed by atoms with Crippen LogP contribution in [0.3, 0.4) is 0 Å². The number of amides is 3. The number of fused-ring (bicyclic) bond motifs is 1. The van der Waals surface area contributed by atoms with E-state index < -0.39 is 29.8 Å². The number of ether oxygens (including phenoxy) is 1. The summed E-state index contributed by atoms with van der Waals surface area (Å²) in [4.78, 5) is 38.2. The molecule has 0 heterocycles. The zero-order valence-corrected chi connectivity index (χ0v) is 21.0. The number of hydrogen-bond acceptors (Lipinski definition) is 6. The van der Waals surface area contributed by atoms with Gasteiger partial charge in [-0.25, -0.2) is 0 Å². The number of carbonyl (C=O) groups is 3. The van der Waals surface area contributed by atoms with Gasteiger partial charge in [0.1, 0.15) is 29.3 Å². The predicted octanol–water partition coefficient (Wildman–Crippen LogP) is 2.57. The van der Waals surface area contributed by atoms with Gasteiger partial charge in [-0.05, 0) is 58.3 Å². The average molecular weight is 528 g/mol. The lowest BCUT2D eigenvalue weighted by atomic mass is 10.0. The average Bonchev–Trinajstić information content (AvgIpc) is 2.93. The summed E-state index contributed by atoms with van der Waals surface area (Å²) in [6.45, 7) is -0.329. The Morgan fingerprint density at radius 1 is 0.718 bits per heavy atom. The van der Waals surface area contributed by atoms with Gasteiger partial charge in [0.05, 0.1) is 0 Å². The molecule has 0 saturated carbocycles. The molecule has 0 saturated heterocycles. The fourth-order valence-corrected chi connectivity index (χ4v) is 4.08. The molecule has 39 heavy (non-hydrogen) atoms. The van der Waals surface area contributed by atoms with E-state index in [1.54, 1.807) is 30.3 Å². The SMILES string of the molecule is NC(=O)[C@H](Cc1ccc(O)cc1)NC(=O)[C@H](Cc1ccc(O)cc1)NC(=O)COc1ccc2ccccc2c1. The minimum absolute atomic E-state index is 0.0651. The fraction of sp³-hybridized carbons (Fsp3) is 0.167. The normalized spacial score (nSPS) is 12.3. The van der Waals surface area contributed by atoms with Gasteiger partial charge >= 0.3 is 0 Å². The lowest BCUT2D eigenvalue weighted by molar-refractivity contribution is -0.132. The smallest absolute Gasteiger partial charge is 0.258 e. The third-order valence-electron chi connectivity index (χ3n) is 6.15. The van der Waals surface area contributed by atoms with E-state index in [2.05, 4.69) is 10.6 Å². The molecule has 0 aliphatic carbocycles. The minimum Gasteiger partial charge on any atom is -0.508 e. The molecule has 9 nitrogen and oxygen atoms in total. The number of carbonyl (C=O) groups excluding carboxylic acids is 3. The Morgan fingerprint density at radius 3 is 1.87 bits per heavy atom. The highest BCUT2D eigenvalue weighted by Gasteiger charge is 2.26. The van der Waals surface area contributed by atoms with Crippen LogP contribution in [0.15, 0.2) is 91.0 Å². The maximum absolute atomic E-state index is 13.3. The topological polar surface area (TPSA) is 151 Å². The first-order valence-electron chi connectivity index (χ1n) is 12.3. The summed E-state index contributed by atoms with van der Waals surface area (Å²) in [7, 11) is 0. The van der Waals surface area contributed by atoms with E-state index in [0.717, 1.165) is 10.8 Å². The summed E-state index contributed by atoms with van der Waals surface area (Å²) in [5.74, 6) is -1.24. The summed E-state index contributed by atoms with van der Waals surface area (Å²) in [6, 6.07) is 23.5. The first kappa shape index (κ1) is 27.0. The van der Waals surface area contributed by atoms with Crippen LogP contribution in [0.5, 0.6) is 17.2 Å². The molecular weight excluding hydrogens is 498 g/mol. The van der Waals surface area contributed by atoms with Crippen LogP contribution in [-0.4, -0.2) is 46.6 Å². The Bertz CT molecular complexity index is 1450. The van der Waals surface area contributed by atoms with Gasteiger partial charge < -0.3 is 31.3 Å². The molecule has 9 heteroatoms. The van der Waals surface area contributed by atoms with E-state index in [-0.39, 0.29) is 30.9 Å². The van der Waals surface area contributed by atoms with Gasteiger partial charge in [0.25, 0.3) is 5.91 Å². The van der Waals surface area contributed by atoms with E-state index in [9.17, 15) is 24.6 Å². The molecule has 2 atom stereocenters. The zero-order valence-electron chi connectivity index (χ0n) is 21.0. The largest absolute Gasteiger partial charge is 0.508 e. The molecule has 4 aromatic rings. The Labute approximate surface area is 225 Å². The van der Waals surface area contributed by atoms with Crippen LogP contribution in [-0.2, 0) is 27.2 Å². The maximum atomic E-state index is 13.3. The summed E-state index contributed by atoms with van der Waals surface area (Å²) < 4.78 is 5.66. The van der Waals surface area contributed by atoms with Crippen LogP contribution in [0.4, 0.5) is 0 Å². The van der Waals surface area contributed by atoms with Gasteiger partial charge in [0.2, 0.25) is 11.8 Å². The van der Waals surface area contributed by atoms with Gasteiger partial charge in [-0.3, -0.25) is 14.4 Å². The van der Waals surface area contributed by atoms with Crippen molar-refractivity contribution >= 4 is 28.5 Å². The van der Waals surface area contributed by atoms with Gasteiger partial charge in [-0.15, -0.1) is 0 Å². The number of primary amides is 1. The van der Waals surface area contributed by atoms with Crippen molar-refractivity contribution in [2.24, 2.45) is 5.73 Å². The molecule has 3 amide bonds. The predicted molar refractivity (Wildman–Crippen MR) is 146 cm³/mol. The van der Waals surface area contributed by atoms with Crippen molar-refractivity contribution in [1.29, 1.82) is 0 Å². The Morgan fingerprint density at radius 2 is 1.28 bits per heavy atom. The van der Waals surface area contributed by atoms with Crippen molar-refractivity contribution in [1.82, 2.24) is 10.6 Å². The Balaban J connectivity index is 1.44. The van der Waals surface area contributed by atoms with Gasteiger partial charge in [0.15, 0.2) is 6.61 Å². The standard InChI is InChI=1S/C30H29N3O6/c31-29(37)26(15-19-5-10-23(34)11-6-19)33-30(38)27(16-20-7-12-24(35)13-8-20)32-28(36)18-39-25-14-9-21-3-1-2-4-22(21)17-25/h1-14,17,26-27,34-35H,15-16,18H2,(H2,31,37)(H,32,36)(H,33,38)/t26-,27-/m0/s1. The van der Waals surface area contributed by atoms with Crippen LogP contribution < -0.4 is 21.1 Å². The van der Waals surface area contributed by atoms with Gasteiger partial charge in [0, 0.05) is 12.8 Å². The van der Waals surface area contributed by atoms with E-state index in [1.165, 1.54) is 24.3 Å². The highest BCUT2D eigenvalue weighted by Crippen LogP contribution is 2.20. The third kappa shape index (κ3) is 7.72. The van der Waals surface area contributed by atoms with E-state index in [1.807, 2.05) is 36.4 Å². The lowest BCUT2D eigenvalue weighted by Crippen LogP contribution is -2.54. The molecule has 4 aromatic carbocycles. The molecule has 0 spiro atoms. The van der Waals surface area contributed by atoms with Crippen LogP contribution in [0, 0.1) is 0 Å². The number of hydrogen-bond donors (Lipinski definition) is 5. The van der Waals surface area contributed by atoms with Crippen LogP contribution in [0.1, 0.15) is 11.1 Å². The van der Waals surface area contributed by atoms with Crippen molar-refractivity contribution in [3.8, 4) is 17.2 Å². The van der Waals surface area contributed by atoms with Gasteiger partial charge in [-0.1, -0.05) is 54.6 Å². The molecule has 6 N–H and O–H groups in total. The number of aromatic hydroxyl groups is 2. The van der Waals surface area contributed by atoms with E-state index >= 15 is 0 Å². The maximum Gasteiger partial charge on any atom is 0.258 e. The number of phenolic OH excluding ortho intramolecular Hbond substituents is 2. The van der Waals surface area contributed by atoms with Crippen molar-refractivity contribution < 1.29 is 29.3 Å². The van der Waals surface area contributed by atoms with E-state index in [0.29, 0.717) is 16.9 Å². The fourth-order valence-electron chi connectivity index (χ4n) is 4.08. The summed E-state index contributed by atoms with van der Waals surface area (Å²) in [5.41, 5.74) is 6.91. The number of rotatable bonds is 11. The molecular formula is C30H29N3O6. The second-order valence-electron chi connectivity index (χ2n) is 9.12. The number of benzene rings is 4. The second kappa shape index (κ2) is 12.5. The number of nitrogens with one attached hydrogen (secondary N) is 2. The van der Waals surface area contributed by atoms with E-state index in [4.69, 9.17) is 10.5 Å². The Kier molecular flexibility index (Phi) is 8.63. The summed E-state index contributed by atoms with van der Waals surface area (Å²) in [5, 5.41) is 26.4. The quantitative estimate of drug-likeness (QED) is 0.202. The van der Waals surface area contributed by atoms with Crippen LogP contribution >= 0.6 is 0 Å². The molecule has 0 aromatic heterocycles. The van der Waals surface area contributed by atoms with Crippen molar-refractivity contribution in [3.05, 3.63) is 102 Å². The molecule has 200 valence electrons. The molecule has 4 rings (SSSR count). The first-order valence-corrected chi connectivity index (χ1v) is 12.3. The molecule has 0 radical (unpaired) electrons. The second-order valence-corrected chi connectivity index (χ2v) is 9.12. The lowest BCUT2D eigenvalue weighted by Gasteiger charge is -2.22. The summed E-state index contributed by atoms with van der Waals surface area (Å²) >= 11 is 0. The Hall–Kier alpha value is -5.05. The van der Waals surface area contributed by atoms with Crippen molar-refractivity contribution in [2.45, 2.75) is 24.9 Å². The van der Waals surface area contributed by atoms with Gasteiger partial charge in [-0.2, -0.15) is 0 Å². The molecule has 0 aliphatic heterocycles. The third-order valence-corrected chi connectivity index (χ3v) is 6.15. The number of nitrogens with two attached hydrogens (primary N) is 1. The molecule has 0 aliphatic rings. The first-order chi connectivity index (χ1) is 18.8. The molecule has 0 bridgehead atoms. The van der Waals surface area contributed by atoms with Crippen LogP contribution in [0.25, 0.3) is 10.8 Å². The highest BCUT2D eigenvalue weighted by atomic mass is 16.5. The van der Waals surface area contributed by atoms with Crippen LogP contribution in [0.2, 0.25) is 0 Å². The van der Waals surface area contributed by atoms with Crippen molar-refractivity contribution in [2.75, 3.05) is 6.61 Å². The van der Waals surface area contributed by atoms with Crippen molar-refractivity contribution in [3.63, 3.8) is 0 Å². The number of phenols is 2. The molecule has 0 fully saturated rings. The summed E-state index contributed by atoms with van der Waals surface area (Å²) in [6.07, 6.45) is 0.199. The monoisotopic (exact) mass is 527 g/mol. The minimum atomic E-state index is -1.05. The zero-order chi connectivity index (χ0) is 27.8. The highest BCUT2D eigenvalue weighted by molar-refractivity contribution is 5.92. The molecule has 0 unspecified atom stereocenters.